The molecule has 1 aliphatic rings. The van der Waals surface area contributed by atoms with Crippen LogP contribution in [0.25, 0.3) is 0 Å². The molecular formula is C15H18FNO3. The molecule has 0 saturated heterocycles. The lowest BCUT2D eigenvalue weighted by Crippen LogP contribution is -2.44. The second kappa shape index (κ2) is 6.03. The highest BCUT2D eigenvalue weighted by Crippen LogP contribution is 2.36. The number of halogens is 1. The van der Waals surface area contributed by atoms with Gasteiger partial charge in [-0.25, -0.2) is 4.39 Å². The first-order valence-electron chi connectivity index (χ1n) is 6.81. The molecule has 108 valence electrons. The number of aliphatic carboxylic acids is 1. The van der Waals surface area contributed by atoms with Crippen molar-refractivity contribution in [3.63, 3.8) is 0 Å². The molecule has 20 heavy (non-hydrogen) atoms. The monoisotopic (exact) mass is 279 g/mol. The molecule has 4 nitrogen and oxygen atoms in total. The van der Waals surface area contributed by atoms with Crippen LogP contribution in [0.15, 0.2) is 24.3 Å². The van der Waals surface area contributed by atoms with Crippen molar-refractivity contribution in [2.45, 2.75) is 32.1 Å². The van der Waals surface area contributed by atoms with Crippen molar-refractivity contribution in [3.8, 4) is 0 Å². The first-order valence-corrected chi connectivity index (χ1v) is 6.81. The maximum absolute atomic E-state index is 13.1. The van der Waals surface area contributed by atoms with E-state index in [2.05, 4.69) is 5.32 Å². The third-order valence-corrected chi connectivity index (χ3v) is 3.94. The van der Waals surface area contributed by atoms with Crippen LogP contribution in [0.2, 0.25) is 0 Å². The predicted molar refractivity (Wildman–Crippen MR) is 71.9 cm³/mol. The zero-order chi connectivity index (χ0) is 14.6. The van der Waals surface area contributed by atoms with Gasteiger partial charge in [0.1, 0.15) is 5.82 Å². The van der Waals surface area contributed by atoms with Crippen LogP contribution in [0.5, 0.6) is 0 Å². The number of nitrogens with one attached hydrogen (secondary N) is 1. The molecule has 0 radical (unpaired) electrons. The summed E-state index contributed by atoms with van der Waals surface area (Å²) in [6.45, 7) is 0.0949. The van der Waals surface area contributed by atoms with Crippen LogP contribution in [0.3, 0.4) is 0 Å². The number of carbonyl (C=O) groups excluding carboxylic acids is 1. The fourth-order valence-electron chi connectivity index (χ4n) is 2.68. The standard InChI is InChI=1S/C15H18FNO3/c16-12-6-4-5-11(9-12)13(18)17-10-15(14(19)20)7-2-1-3-8-15/h4-6,9H,1-3,7-8,10H2,(H,17,18)(H,19,20). The third-order valence-electron chi connectivity index (χ3n) is 3.94. The molecule has 0 spiro atoms. The Bertz CT molecular complexity index is 510. The van der Waals surface area contributed by atoms with E-state index in [0.29, 0.717) is 12.8 Å². The number of hydrogen-bond donors (Lipinski definition) is 2. The van der Waals surface area contributed by atoms with Gasteiger partial charge in [-0.05, 0) is 31.0 Å². The highest BCUT2D eigenvalue weighted by molar-refractivity contribution is 5.94. The van der Waals surface area contributed by atoms with E-state index in [1.807, 2.05) is 0 Å². The summed E-state index contributed by atoms with van der Waals surface area (Å²) in [5.74, 6) is -1.78. The molecule has 0 bridgehead atoms. The topological polar surface area (TPSA) is 66.4 Å². The Labute approximate surface area is 117 Å². The number of amides is 1. The molecule has 0 atom stereocenters. The van der Waals surface area contributed by atoms with Gasteiger partial charge in [0.2, 0.25) is 0 Å². The lowest BCUT2D eigenvalue weighted by atomic mass is 9.74. The Morgan fingerprint density at radius 1 is 1.25 bits per heavy atom. The first-order chi connectivity index (χ1) is 9.53. The van der Waals surface area contributed by atoms with Gasteiger partial charge in [0.15, 0.2) is 0 Å². The van der Waals surface area contributed by atoms with Gasteiger partial charge in [0.25, 0.3) is 5.91 Å². The van der Waals surface area contributed by atoms with E-state index in [0.717, 1.165) is 25.3 Å². The molecule has 1 aromatic carbocycles. The minimum Gasteiger partial charge on any atom is -0.481 e. The van der Waals surface area contributed by atoms with Crippen molar-refractivity contribution in [2.24, 2.45) is 5.41 Å². The number of carboxylic acid groups (broad SMARTS) is 1. The molecule has 5 heteroatoms. The number of carboxylic acids is 1. The van der Waals surface area contributed by atoms with Crippen LogP contribution in [0.1, 0.15) is 42.5 Å². The minimum atomic E-state index is -0.874. The summed E-state index contributed by atoms with van der Waals surface area (Å²) < 4.78 is 13.1. The van der Waals surface area contributed by atoms with Crippen molar-refractivity contribution in [3.05, 3.63) is 35.6 Å². The van der Waals surface area contributed by atoms with Crippen molar-refractivity contribution in [1.82, 2.24) is 5.32 Å². The SMILES string of the molecule is O=C(NCC1(C(=O)O)CCCCC1)c1cccc(F)c1. The summed E-state index contributed by atoms with van der Waals surface area (Å²) in [5, 5.41) is 12.0. The van der Waals surface area contributed by atoms with Crippen molar-refractivity contribution in [2.75, 3.05) is 6.54 Å². The van der Waals surface area contributed by atoms with Gasteiger partial charge in [-0.15, -0.1) is 0 Å². The van der Waals surface area contributed by atoms with E-state index in [9.17, 15) is 19.1 Å². The quantitative estimate of drug-likeness (QED) is 0.890. The summed E-state index contributed by atoms with van der Waals surface area (Å²) in [6.07, 6.45) is 3.91. The van der Waals surface area contributed by atoms with E-state index in [-0.39, 0.29) is 12.1 Å². The van der Waals surface area contributed by atoms with Gasteiger partial charge in [0.05, 0.1) is 5.41 Å². The molecule has 2 rings (SSSR count). The molecular weight excluding hydrogens is 261 g/mol. The minimum absolute atomic E-state index is 0.0949. The summed E-state index contributed by atoms with van der Waals surface area (Å²) in [5.41, 5.74) is -0.664. The Morgan fingerprint density at radius 2 is 1.95 bits per heavy atom. The fraction of sp³-hybridized carbons (Fsp3) is 0.467. The van der Waals surface area contributed by atoms with Gasteiger partial charge >= 0.3 is 5.97 Å². The lowest BCUT2D eigenvalue weighted by molar-refractivity contribution is -0.150. The molecule has 1 fully saturated rings. The van der Waals surface area contributed by atoms with E-state index < -0.39 is 23.1 Å². The van der Waals surface area contributed by atoms with Gasteiger partial charge in [-0.3, -0.25) is 9.59 Å². The number of carbonyl (C=O) groups is 2. The van der Waals surface area contributed by atoms with Gasteiger partial charge < -0.3 is 10.4 Å². The summed E-state index contributed by atoms with van der Waals surface area (Å²) in [6, 6.07) is 5.37. The molecule has 0 aliphatic heterocycles. The van der Waals surface area contributed by atoms with E-state index in [1.165, 1.54) is 18.2 Å². The van der Waals surface area contributed by atoms with Gasteiger partial charge in [-0.1, -0.05) is 25.3 Å². The molecule has 0 aromatic heterocycles. The van der Waals surface area contributed by atoms with Gasteiger partial charge in [-0.2, -0.15) is 0 Å². The van der Waals surface area contributed by atoms with Crippen LogP contribution in [0, 0.1) is 11.2 Å². The van der Waals surface area contributed by atoms with Crippen molar-refractivity contribution >= 4 is 11.9 Å². The average molecular weight is 279 g/mol. The smallest absolute Gasteiger partial charge is 0.311 e. The summed E-state index contributed by atoms with van der Waals surface area (Å²) in [7, 11) is 0. The maximum atomic E-state index is 13.1. The van der Waals surface area contributed by atoms with Crippen LogP contribution in [0.4, 0.5) is 4.39 Å². The van der Waals surface area contributed by atoms with E-state index in [4.69, 9.17) is 0 Å². The molecule has 1 saturated carbocycles. The molecule has 1 aromatic rings. The van der Waals surface area contributed by atoms with Crippen molar-refractivity contribution < 1.29 is 19.1 Å². The summed E-state index contributed by atoms with van der Waals surface area (Å²) >= 11 is 0. The number of hydrogen-bond acceptors (Lipinski definition) is 2. The second-order valence-electron chi connectivity index (χ2n) is 5.34. The zero-order valence-corrected chi connectivity index (χ0v) is 11.2. The Kier molecular flexibility index (Phi) is 4.37. The Balaban J connectivity index is 2.02. The van der Waals surface area contributed by atoms with Crippen LogP contribution in [-0.4, -0.2) is 23.5 Å². The zero-order valence-electron chi connectivity index (χ0n) is 11.2. The van der Waals surface area contributed by atoms with Gasteiger partial charge in [0, 0.05) is 12.1 Å². The summed E-state index contributed by atoms with van der Waals surface area (Å²) in [4.78, 5) is 23.4. The highest BCUT2D eigenvalue weighted by atomic mass is 19.1. The van der Waals surface area contributed by atoms with Crippen LogP contribution in [-0.2, 0) is 4.79 Å². The van der Waals surface area contributed by atoms with E-state index >= 15 is 0 Å². The average Bonchev–Trinajstić information content (AvgIpc) is 2.45. The molecule has 0 unspecified atom stereocenters. The third kappa shape index (κ3) is 3.15. The van der Waals surface area contributed by atoms with Crippen molar-refractivity contribution in [1.29, 1.82) is 0 Å². The lowest BCUT2D eigenvalue weighted by Gasteiger charge is -2.33. The molecule has 1 amide bonds. The molecule has 0 heterocycles. The Morgan fingerprint density at radius 3 is 2.55 bits per heavy atom. The highest BCUT2D eigenvalue weighted by Gasteiger charge is 2.39. The first kappa shape index (κ1) is 14.5. The second-order valence-corrected chi connectivity index (χ2v) is 5.34. The van der Waals surface area contributed by atoms with Crippen LogP contribution < -0.4 is 5.32 Å². The maximum Gasteiger partial charge on any atom is 0.311 e. The largest absolute Gasteiger partial charge is 0.481 e. The number of rotatable bonds is 4. The number of benzene rings is 1. The normalized spacial score (nSPS) is 17.4. The van der Waals surface area contributed by atoms with E-state index in [1.54, 1.807) is 0 Å². The Hall–Kier alpha value is -1.91. The predicted octanol–water partition coefficient (Wildman–Crippen LogP) is 2.59. The van der Waals surface area contributed by atoms with Crippen LogP contribution >= 0.6 is 0 Å². The molecule has 1 aliphatic carbocycles. The fourth-order valence-corrected chi connectivity index (χ4v) is 2.68. The molecule has 2 N–H and O–H groups in total.